The van der Waals surface area contributed by atoms with Gasteiger partial charge in [0.25, 0.3) is 0 Å². The molecular weight excluding hydrogens is 366 g/mol. The highest BCUT2D eigenvalue weighted by atomic mass is 35.5. The van der Waals surface area contributed by atoms with Crippen LogP contribution < -0.4 is 5.14 Å². The monoisotopic (exact) mass is 381 g/mol. The van der Waals surface area contributed by atoms with E-state index in [2.05, 4.69) is 0 Å². The van der Waals surface area contributed by atoms with Crippen molar-refractivity contribution in [2.24, 2.45) is 5.14 Å². The number of Topliss-reactive ketones (excluding diaryl/α,β-unsaturated/α-hetero) is 1. The molecular formula is C17H16ClNO5S. The minimum atomic E-state index is -3.99. The number of rotatable bonds is 6. The third-order valence-corrected chi connectivity index (χ3v) is 4.75. The van der Waals surface area contributed by atoms with Crippen molar-refractivity contribution in [2.75, 3.05) is 6.61 Å². The normalized spacial score (nSPS) is 11.2. The molecule has 0 amide bonds. The van der Waals surface area contributed by atoms with E-state index in [-0.39, 0.29) is 21.3 Å². The Morgan fingerprint density at radius 1 is 1.12 bits per heavy atom. The maximum Gasteiger partial charge on any atom is 0.340 e. The Bertz CT molecular complexity index is 907. The first-order valence-electron chi connectivity index (χ1n) is 7.34. The molecule has 0 radical (unpaired) electrons. The van der Waals surface area contributed by atoms with Crippen molar-refractivity contribution in [1.29, 1.82) is 0 Å². The number of ketones is 1. The van der Waals surface area contributed by atoms with Crippen LogP contribution in [0.2, 0.25) is 5.02 Å². The quantitative estimate of drug-likeness (QED) is 0.611. The molecule has 0 aromatic heterocycles. The molecule has 2 aromatic carbocycles. The van der Waals surface area contributed by atoms with E-state index >= 15 is 0 Å². The van der Waals surface area contributed by atoms with Crippen molar-refractivity contribution in [3.8, 4) is 0 Å². The Balaban J connectivity index is 2.10. The minimum Gasteiger partial charge on any atom is -0.454 e. The van der Waals surface area contributed by atoms with E-state index < -0.39 is 22.6 Å². The summed E-state index contributed by atoms with van der Waals surface area (Å²) in [5.41, 5.74) is 1.32. The summed E-state index contributed by atoms with van der Waals surface area (Å²) in [7, 11) is -3.99. The van der Waals surface area contributed by atoms with E-state index in [0.717, 1.165) is 18.1 Å². The summed E-state index contributed by atoms with van der Waals surface area (Å²) in [6, 6.07) is 10.4. The van der Waals surface area contributed by atoms with Gasteiger partial charge in [-0.15, -0.1) is 0 Å². The number of hydrogen-bond donors (Lipinski definition) is 1. The van der Waals surface area contributed by atoms with E-state index in [1.165, 1.54) is 12.1 Å². The van der Waals surface area contributed by atoms with Crippen molar-refractivity contribution in [1.82, 2.24) is 0 Å². The number of primary sulfonamides is 1. The number of sulfonamides is 1. The number of carbonyl (C=O) groups is 2. The molecule has 0 saturated heterocycles. The Hall–Kier alpha value is -2.22. The number of esters is 1. The molecule has 0 aliphatic carbocycles. The molecule has 8 heteroatoms. The lowest BCUT2D eigenvalue weighted by Crippen LogP contribution is -2.16. The van der Waals surface area contributed by atoms with Crippen LogP contribution in [0.3, 0.4) is 0 Å². The van der Waals surface area contributed by atoms with Gasteiger partial charge in [0.05, 0.1) is 15.5 Å². The second kappa shape index (κ2) is 7.77. The fraction of sp³-hybridized carbons (Fsp3) is 0.176. The van der Waals surface area contributed by atoms with Crippen molar-refractivity contribution < 1.29 is 22.7 Å². The van der Waals surface area contributed by atoms with Gasteiger partial charge in [0, 0.05) is 5.56 Å². The highest BCUT2D eigenvalue weighted by Gasteiger charge is 2.18. The van der Waals surface area contributed by atoms with Crippen LogP contribution in [0, 0.1) is 0 Å². The van der Waals surface area contributed by atoms with Gasteiger partial charge in [0.15, 0.2) is 12.4 Å². The number of ether oxygens (including phenoxy) is 1. The number of aryl methyl sites for hydroxylation is 1. The predicted molar refractivity (Wildman–Crippen MR) is 93.3 cm³/mol. The van der Waals surface area contributed by atoms with Crippen LogP contribution in [-0.4, -0.2) is 26.8 Å². The summed E-state index contributed by atoms with van der Waals surface area (Å²) in [6.45, 7) is 1.51. The first kappa shape index (κ1) is 19.1. The van der Waals surface area contributed by atoms with Crippen molar-refractivity contribution in [3.05, 3.63) is 64.2 Å². The number of benzene rings is 2. The first-order chi connectivity index (χ1) is 11.7. The summed E-state index contributed by atoms with van der Waals surface area (Å²) in [6.07, 6.45) is 0.850. The topological polar surface area (TPSA) is 104 Å². The molecule has 0 saturated carbocycles. The molecule has 0 bridgehead atoms. The Kier molecular flexibility index (Phi) is 5.94. The molecule has 2 rings (SSSR count). The van der Waals surface area contributed by atoms with Crippen LogP contribution in [0.4, 0.5) is 0 Å². The molecule has 25 heavy (non-hydrogen) atoms. The molecule has 132 valence electrons. The van der Waals surface area contributed by atoms with E-state index in [1.807, 2.05) is 19.1 Å². The summed E-state index contributed by atoms with van der Waals surface area (Å²) in [5.74, 6) is -1.29. The molecule has 0 spiro atoms. The zero-order valence-electron chi connectivity index (χ0n) is 13.4. The van der Waals surface area contributed by atoms with Gasteiger partial charge < -0.3 is 4.74 Å². The average molecular weight is 382 g/mol. The average Bonchev–Trinajstić information content (AvgIpc) is 2.58. The van der Waals surface area contributed by atoms with Crippen molar-refractivity contribution >= 4 is 33.4 Å². The number of halogens is 1. The van der Waals surface area contributed by atoms with Crippen LogP contribution in [-0.2, 0) is 21.2 Å². The van der Waals surface area contributed by atoms with Gasteiger partial charge in [0.1, 0.15) is 0 Å². The van der Waals surface area contributed by atoms with E-state index in [0.29, 0.717) is 5.56 Å². The van der Waals surface area contributed by atoms with Crippen LogP contribution in [0.15, 0.2) is 47.4 Å². The van der Waals surface area contributed by atoms with Gasteiger partial charge in [-0.25, -0.2) is 18.4 Å². The van der Waals surface area contributed by atoms with E-state index in [1.54, 1.807) is 12.1 Å². The maximum absolute atomic E-state index is 12.1. The highest BCUT2D eigenvalue weighted by molar-refractivity contribution is 7.89. The van der Waals surface area contributed by atoms with Crippen molar-refractivity contribution in [3.63, 3.8) is 0 Å². The summed E-state index contributed by atoms with van der Waals surface area (Å²) < 4.78 is 27.6. The molecule has 0 aliphatic rings. The largest absolute Gasteiger partial charge is 0.454 e. The second-order valence-electron chi connectivity index (χ2n) is 5.24. The highest BCUT2D eigenvalue weighted by Crippen LogP contribution is 2.21. The SMILES string of the molecule is CCc1ccc(C(=O)COC(=O)c2cc(S(N)(=O)=O)ccc2Cl)cc1. The Morgan fingerprint density at radius 2 is 1.76 bits per heavy atom. The van der Waals surface area contributed by atoms with E-state index in [4.69, 9.17) is 21.5 Å². The third kappa shape index (κ3) is 4.88. The second-order valence-corrected chi connectivity index (χ2v) is 7.21. The van der Waals surface area contributed by atoms with E-state index in [9.17, 15) is 18.0 Å². The number of hydrogen-bond acceptors (Lipinski definition) is 5. The zero-order valence-corrected chi connectivity index (χ0v) is 14.9. The Labute approximate surface area is 150 Å². The minimum absolute atomic E-state index is 0.00264. The smallest absolute Gasteiger partial charge is 0.340 e. The molecule has 2 N–H and O–H groups in total. The lowest BCUT2D eigenvalue weighted by atomic mass is 10.1. The van der Waals surface area contributed by atoms with Gasteiger partial charge in [-0.05, 0) is 30.2 Å². The standard InChI is InChI=1S/C17H16ClNO5S/c1-2-11-3-5-12(6-4-11)16(20)10-24-17(21)14-9-13(25(19,22)23)7-8-15(14)18/h3-9H,2,10H2,1H3,(H2,19,22,23). The molecule has 6 nitrogen and oxygen atoms in total. The maximum atomic E-state index is 12.1. The summed E-state index contributed by atoms with van der Waals surface area (Å²) in [4.78, 5) is 23.9. The molecule has 0 heterocycles. The summed E-state index contributed by atoms with van der Waals surface area (Å²) in [5, 5.41) is 5.02. The molecule has 2 aromatic rings. The van der Waals surface area contributed by atoms with Gasteiger partial charge >= 0.3 is 5.97 Å². The lowest BCUT2D eigenvalue weighted by Gasteiger charge is -2.08. The predicted octanol–water partition coefficient (Wildman–Crippen LogP) is 2.59. The molecule has 0 aliphatic heterocycles. The van der Waals surface area contributed by atoms with Gasteiger partial charge in [-0.2, -0.15) is 0 Å². The van der Waals surface area contributed by atoms with Crippen molar-refractivity contribution in [2.45, 2.75) is 18.2 Å². The summed E-state index contributed by atoms with van der Waals surface area (Å²) >= 11 is 5.89. The fourth-order valence-corrected chi connectivity index (χ4v) is 2.79. The van der Waals surface area contributed by atoms with Crippen LogP contribution in [0.5, 0.6) is 0 Å². The van der Waals surface area contributed by atoms with Crippen LogP contribution in [0.25, 0.3) is 0 Å². The molecule has 0 atom stereocenters. The Morgan fingerprint density at radius 3 is 2.32 bits per heavy atom. The van der Waals surface area contributed by atoms with Crippen LogP contribution in [0.1, 0.15) is 33.2 Å². The number of nitrogens with two attached hydrogens (primary N) is 1. The van der Waals surface area contributed by atoms with Gasteiger partial charge in [-0.1, -0.05) is 42.8 Å². The van der Waals surface area contributed by atoms with Crippen LogP contribution >= 0.6 is 11.6 Å². The fourth-order valence-electron chi connectivity index (χ4n) is 2.06. The van der Waals surface area contributed by atoms with Gasteiger partial charge in [0.2, 0.25) is 10.0 Å². The number of carbonyl (C=O) groups excluding carboxylic acids is 2. The zero-order chi connectivity index (χ0) is 18.6. The molecule has 0 unspecified atom stereocenters. The first-order valence-corrected chi connectivity index (χ1v) is 9.26. The third-order valence-electron chi connectivity index (χ3n) is 3.50. The van der Waals surface area contributed by atoms with Gasteiger partial charge in [-0.3, -0.25) is 4.79 Å². The molecule has 0 fully saturated rings. The lowest BCUT2D eigenvalue weighted by molar-refractivity contribution is 0.0474.